The number of phenolic OH excluding ortho intramolecular Hbond substituents is 2. The molecule has 3 N–H and O–H groups in total. The number of nitrogens with zero attached hydrogens (tertiary/aromatic N) is 3. The molecule has 0 bridgehead atoms. The van der Waals surface area contributed by atoms with E-state index in [1.807, 2.05) is 0 Å². The van der Waals surface area contributed by atoms with E-state index in [9.17, 15) is 28.7 Å². The van der Waals surface area contributed by atoms with E-state index in [1.54, 1.807) is 0 Å². The van der Waals surface area contributed by atoms with E-state index in [0.29, 0.717) is 18.7 Å². The molecule has 2 aromatic carbocycles. The van der Waals surface area contributed by atoms with Gasteiger partial charge in [0.15, 0.2) is 11.5 Å². The van der Waals surface area contributed by atoms with Crippen molar-refractivity contribution in [2.45, 2.75) is 17.7 Å². The van der Waals surface area contributed by atoms with E-state index in [4.69, 9.17) is 0 Å². The molecule has 1 aliphatic heterocycles. The Balaban J connectivity index is 1.84. The van der Waals surface area contributed by atoms with Crippen LogP contribution in [0.2, 0.25) is 0 Å². The molecule has 1 aliphatic rings. The number of phenols is 2. The standard InChI is InChI=1S/C17H18N4O6S/c22-16-6-3-12(9-17(16)23)11-18-19-14-5-4-13(10-15(14)21(24)25)28(26,27)20-7-1-2-8-20/h3-6,9-11,19,22-23H,1-2,7-8H2/b18-11+. The molecular weight excluding hydrogens is 388 g/mol. The highest BCUT2D eigenvalue weighted by Crippen LogP contribution is 2.30. The Labute approximate surface area is 160 Å². The third kappa shape index (κ3) is 4.05. The number of nitrogens with one attached hydrogen (secondary N) is 1. The molecule has 0 aliphatic carbocycles. The fourth-order valence-electron chi connectivity index (χ4n) is 2.79. The van der Waals surface area contributed by atoms with Gasteiger partial charge < -0.3 is 10.2 Å². The first kappa shape index (κ1) is 19.6. The largest absolute Gasteiger partial charge is 0.504 e. The lowest BCUT2D eigenvalue weighted by molar-refractivity contribution is -0.384. The van der Waals surface area contributed by atoms with Crippen molar-refractivity contribution in [1.29, 1.82) is 0 Å². The van der Waals surface area contributed by atoms with Crippen molar-refractivity contribution in [2.75, 3.05) is 18.5 Å². The van der Waals surface area contributed by atoms with E-state index in [-0.39, 0.29) is 22.1 Å². The lowest BCUT2D eigenvalue weighted by Crippen LogP contribution is -2.27. The monoisotopic (exact) mass is 406 g/mol. The molecule has 0 saturated carbocycles. The minimum Gasteiger partial charge on any atom is -0.504 e. The highest BCUT2D eigenvalue weighted by atomic mass is 32.2. The Morgan fingerprint density at radius 3 is 2.46 bits per heavy atom. The van der Waals surface area contributed by atoms with Crippen molar-refractivity contribution in [3.63, 3.8) is 0 Å². The molecule has 0 amide bonds. The zero-order valence-corrected chi connectivity index (χ0v) is 15.5. The van der Waals surface area contributed by atoms with Gasteiger partial charge in [0, 0.05) is 19.2 Å². The summed E-state index contributed by atoms with van der Waals surface area (Å²) >= 11 is 0. The van der Waals surface area contributed by atoms with E-state index < -0.39 is 20.6 Å². The molecule has 2 aromatic rings. The lowest BCUT2D eigenvalue weighted by atomic mass is 10.2. The number of nitro groups is 1. The number of sulfonamides is 1. The van der Waals surface area contributed by atoms with Gasteiger partial charge in [0.25, 0.3) is 5.69 Å². The third-order valence-corrected chi connectivity index (χ3v) is 6.16. The van der Waals surface area contributed by atoms with E-state index in [1.165, 1.54) is 40.9 Å². The Bertz CT molecular complexity index is 1030. The van der Waals surface area contributed by atoms with Crippen LogP contribution in [0.3, 0.4) is 0 Å². The van der Waals surface area contributed by atoms with Gasteiger partial charge in [-0.05, 0) is 48.7 Å². The fraction of sp³-hybridized carbons (Fsp3) is 0.235. The summed E-state index contributed by atoms with van der Waals surface area (Å²) in [5.41, 5.74) is 2.54. The van der Waals surface area contributed by atoms with Crippen LogP contribution in [0.1, 0.15) is 18.4 Å². The molecular formula is C17H18N4O6S. The number of hydrogen-bond acceptors (Lipinski definition) is 8. The van der Waals surface area contributed by atoms with Crippen molar-refractivity contribution in [3.8, 4) is 11.5 Å². The predicted octanol–water partition coefficient (Wildman–Crippen LogP) is 2.24. The minimum absolute atomic E-state index is 0.0182. The normalized spacial score (nSPS) is 15.1. The Hall–Kier alpha value is -3.18. The smallest absolute Gasteiger partial charge is 0.295 e. The van der Waals surface area contributed by atoms with Crippen LogP contribution >= 0.6 is 0 Å². The van der Waals surface area contributed by atoms with Crippen LogP contribution < -0.4 is 5.43 Å². The molecule has 11 heteroatoms. The van der Waals surface area contributed by atoms with E-state index in [2.05, 4.69) is 10.5 Å². The molecule has 148 valence electrons. The van der Waals surface area contributed by atoms with Gasteiger partial charge in [-0.15, -0.1) is 0 Å². The zero-order chi connectivity index (χ0) is 20.3. The lowest BCUT2D eigenvalue weighted by Gasteiger charge is -2.15. The Kier molecular flexibility index (Phi) is 5.47. The molecule has 0 radical (unpaired) electrons. The fourth-order valence-corrected chi connectivity index (χ4v) is 4.33. The predicted molar refractivity (Wildman–Crippen MR) is 102 cm³/mol. The Morgan fingerprint density at radius 1 is 1.11 bits per heavy atom. The van der Waals surface area contributed by atoms with Gasteiger partial charge in [-0.3, -0.25) is 15.5 Å². The molecule has 1 heterocycles. The number of aromatic hydroxyl groups is 2. The second-order valence-electron chi connectivity index (χ2n) is 6.17. The molecule has 0 atom stereocenters. The molecule has 0 spiro atoms. The molecule has 1 fully saturated rings. The second-order valence-corrected chi connectivity index (χ2v) is 8.10. The van der Waals surface area contributed by atoms with Crippen LogP contribution in [0.25, 0.3) is 0 Å². The first-order valence-electron chi connectivity index (χ1n) is 8.39. The van der Waals surface area contributed by atoms with Crippen LogP contribution in [-0.2, 0) is 10.0 Å². The summed E-state index contributed by atoms with van der Waals surface area (Å²) in [5, 5.41) is 34.0. The molecule has 1 saturated heterocycles. The van der Waals surface area contributed by atoms with Gasteiger partial charge in [-0.1, -0.05) is 0 Å². The highest BCUT2D eigenvalue weighted by Gasteiger charge is 2.29. The summed E-state index contributed by atoms with van der Waals surface area (Å²) < 4.78 is 26.5. The van der Waals surface area contributed by atoms with Crippen LogP contribution in [0.15, 0.2) is 46.4 Å². The highest BCUT2D eigenvalue weighted by molar-refractivity contribution is 7.89. The first-order chi connectivity index (χ1) is 13.3. The number of benzene rings is 2. The van der Waals surface area contributed by atoms with Gasteiger partial charge in [0.05, 0.1) is 16.0 Å². The van der Waals surface area contributed by atoms with E-state index in [0.717, 1.165) is 18.9 Å². The van der Waals surface area contributed by atoms with Crippen molar-refractivity contribution in [1.82, 2.24) is 4.31 Å². The van der Waals surface area contributed by atoms with Crippen molar-refractivity contribution in [2.24, 2.45) is 5.10 Å². The maximum absolute atomic E-state index is 12.6. The van der Waals surface area contributed by atoms with Crippen LogP contribution in [0.4, 0.5) is 11.4 Å². The summed E-state index contributed by atoms with van der Waals surface area (Å²) in [4.78, 5) is 10.6. The van der Waals surface area contributed by atoms with Gasteiger partial charge in [-0.2, -0.15) is 9.41 Å². The SMILES string of the molecule is O=[N+]([O-])c1cc(S(=O)(=O)N2CCCC2)ccc1N/N=C/c1ccc(O)c(O)c1. The quantitative estimate of drug-likeness (QED) is 0.289. The molecule has 28 heavy (non-hydrogen) atoms. The van der Waals surface area contributed by atoms with E-state index >= 15 is 0 Å². The van der Waals surface area contributed by atoms with Gasteiger partial charge in [0.1, 0.15) is 5.69 Å². The average molecular weight is 406 g/mol. The average Bonchev–Trinajstić information content (AvgIpc) is 3.20. The summed E-state index contributed by atoms with van der Waals surface area (Å²) in [6.07, 6.45) is 2.82. The molecule has 0 unspecified atom stereocenters. The number of rotatable bonds is 6. The third-order valence-electron chi connectivity index (χ3n) is 4.27. The molecule has 0 aromatic heterocycles. The van der Waals surface area contributed by atoms with Crippen molar-refractivity contribution in [3.05, 3.63) is 52.1 Å². The number of anilines is 1. The maximum atomic E-state index is 12.6. The van der Waals surface area contributed by atoms with Gasteiger partial charge in [-0.25, -0.2) is 8.42 Å². The summed E-state index contributed by atoms with van der Waals surface area (Å²) in [6, 6.07) is 7.62. The van der Waals surface area contributed by atoms with Crippen LogP contribution in [-0.4, -0.2) is 47.2 Å². The number of hydrazone groups is 1. The van der Waals surface area contributed by atoms with Crippen molar-refractivity contribution >= 4 is 27.6 Å². The topological polar surface area (TPSA) is 145 Å². The zero-order valence-electron chi connectivity index (χ0n) is 14.6. The van der Waals surface area contributed by atoms with Crippen LogP contribution in [0, 0.1) is 10.1 Å². The first-order valence-corrected chi connectivity index (χ1v) is 9.83. The van der Waals surface area contributed by atoms with Crippen molar-refractivity contribution < 1.29 is 23.6 Å². The van der Waals surface area contributed by atoms with Crippen LogP contribution in [0.5, 0.6) is 11.5 Å². The Morgan fingerprint density at radius 2 is 1.82 bits per heavy atom. The summed E-state index contributed by atoms with van der Waals surface area (Å²) in [5.74, 6) is -0.609. The summed E-state index contributed by atoms with van der Waals surface area (Å²) in [6.45, 7) is 0.805. The maximum Gasteiger partial charge on any atom is 0.295 e. The number of nitro benzene ring substituents is 1. The second kappa shape index (κ2) is 7.82. The molecule has 10 nitrogen and oxygen atoms in total. The minimum atomic E-state index is -3.77. The summed E-state index contributed by atoms with van der Waals surface area (Å²) in [7, 11) is -3.77. The van der Waals surface area contributed by atoms with Gasteiger partial charge in [0.2, 0.25) is 10.0 Å². The molecule has 3 rings (SSSR count). The number of hydrogen-bond donors (Lipinski definition) is 3. The van der Waals surface area contributed by atoms with Gasteiger partial charge >= 0.3 is 0 Å².